The molecular formula is C13H27N3O4S. The topological polar surface area (TPSA) is 78.9 Å². The van der Waals surface area contributed by atoms with Crippen LogP contribution in [-0.4, -0.2) is 70.5 Å². The zero-order chi connectivity index (χ0) is 15.9. The van der Waals surface area contributed by atoms with E-state index >= 15 is 0 Å². The van der Waals surface area contributed by atoms with E-state index in [1.54, 1.807) is 0 Å². The van der Waals surface area contributed by atoms with Crippen LogP contribution in [0.1, 0.15) is 26.2 Å². The third-order valence-corrected chi connectivity index (χ3v) is 5.19. The van der Waals surface area contributed by atoms with Crippen molar-refractivity contribution in [2.24, 2.45) is 5.92 Å². The highest BCUT2D eigenvalue weighted by Gasteiger charge is 2.20. The largest absolute Gasteiger partial charge is 0.469 e. The standard InChI is InChI=1S/C13H27N3O4S/c1-12(11-16-7-4-5-8-16)10-14-21(18,19)15(2)9-6-13(17)20-3/h12,14H,4-11H2,1-3H3. The van der Waals surface area contributed by atoms with Crippen molar-refractivity contribution in [1.82, 2.24) is 13.9 Å². The van der Waals surface area contributed by atoms with Crippen LogP contribution in [0, 0.1) is 5.92 Å². The number of nitrogens with zero attached hydrogens (tertiary/aromatic N) is 2. The van der Waals surface area contributed by atoms with Crippen LogP contribution < -0.4 is 4.72 Å². The molecule has 1 fully saturated rings. The molecule has 1 atom stereocenters. The third-order valence-electron chi connectivity index (χ3n) is 3.65. The lowest BCUT2D eigenvalue weighted by molar-refractivity contribution is -0.140. The van der Waals surface area contributed by atoms with Gasteiger partial charge in [0.15, 0.2) is 0 Å². The summed E-state index contributed by atoms with van der Waals surface area (Å²) in [5, 5.41) is 0. The highest BCUT2D eigenvalue weighted by Crippen LogP contribution is 2.10. The minimum Gasteiger partial charge on any atom is -0.469 e. The molecular weight excluding hydrogens is 294 g/mol. The Morgan fingerprint density at radius 3 is 2.57 bits per heavy atom. The van der Waals surface area contributed by atoms with Gasteiger partial charge in [0.05, 0.1) is 13.5 Å². The summed E-state index contributed by atoms with van der Waals surface area (Å²) < 4.78 is 32.3. The Bertz CT molecular complexity index is 421. The average molecular weight is 321 g/mol. The van der Waals surface area contributed by atoms with Gasteiger partial charge in [0, 0.05) is 26.7 Å². The SMILES string of the molecule is COC(=O)CCN(C)S(=O)(=O)NCC(C)CN1CCCC1. The molecule has 1 unspecified atom stereocenters. The molecule has 0 spiro atoms. The molecule has 0 amide bonds. The summed E-state index contributed by atoms with van der Waals surface area (Å²) in [6.07, 6.45) is 2.51. The van der Waals surface area contributed by atoms with E-state index in [4.69, 9.17) is 0 Å². The predicted molar refractivity (Wildman–Crippen MR) is 81.0 cm³/mol. The van der Waals surface area contributed by atoms with Crippen LogP contribution >= 0.6 is 0 Å². The van der Waals surface area contributed by atoms with Gasteiger partial charge in [-0.25, -0.2) is 4.72 Å². The first-order chi connectivity index (χ1) is 9.85. The van der Waals surface area contributed by atoms with Gasteiger partial charge in [-0.2, -0.15) is 12.7 Å². The van der Waals surface area contributed by atoms with Crippen LogP contribution in [0.15, 0.2) is 0 Å². The monoisotopic (exact) mass is 321 g/mol. The van der Waals surface area contributed by atoms with Crippen molar-refractivity contribution in [1.29, 1.82) is 0 Å². The number of carbonyl (C=O) groups is 1. The fraction of sp³-hybridized carbons (Fsp3) is 0.923. The number of methoxy groups -OCH3 is 1. The van der Waals surface area contributed by atoms with E-state index in [0.717, 1.165) is 23.9 Å². The molecule has 0 aromatic carbocycles. The Morgan fingerprint density at radius 1 is 1.38 bits per heavy atom. The van der Waals surface area contributed by atoms with Gasteiger partial charge in [-0.15, -0.1) is 0 Å². The number of hydrogen-bond acceptors (Lipinski definition) is 5. The van der Waals surface area contributed by atoms with Crippen molar-refractivity contribution in [3.63, 3.8) is 0 Å². The van der Waals surface area contributed by atoms with Crippen molar-refractivity contribution in [2.75, 3.05) is 46.9 Å². The summed E-state index contributed by atoms with van der Waals surface area (Å²) in [5.74, 6) is -0.161. The fourth-order valence-corrected chi connectivity index (χ4v) is 3.35. The number of hydrogen-bond donors (Lipinski definition) is 1. The van der Waals surface area contributed by atoms with Crippen molar-refractivity contribution >= 4 is 16.2 Å². The molecule has 0 aliphatic carbocycles. The number of esters is 1. The first-order valence-corrected chi connectivity index (χ1v) is 8.79. The Kier molecular flexibility index (Phi) is 7.58. The number of rotatable bonds is 9. The highest BCUT2D eigenvalue weighted by atomic mass is 32.2. The smallest absolute Gasteiger partial charge is 0.306 e. The second-order valence-electron chi connectivity index (χ2n) is 5.61. The highest BCUT2D eigenvalue weighted by molar-refractivity contribution is 7.87. The molecule has 0 aromatic heterocycles. The molecule has 1 N–H and O–H groups in total. The number of carbonyl (C=O) groups excluding carboxylic acids is 1. The zero-order valence-corrected chi connectivity index (χ0v) is 14.0. The fourth-order valence-electron chi connectivity index (χ4n) is 2.30. The van der Waals surface area contributed by atoms with Gasteiger partial charge < -0.3 is 9.64 Å². The molecule has 0 saturated carbocycles. The summed E-state index contributed by atoms with van der Waals surface area (Å²) in [4.78, 5) is 13.4. The summed E-state index contributed by atoms with van der Waals surface area (Å²) >= 11 is 0. The first kappa shape index (κ1) is 18.3. The molecule has 0 aromatic rings. The van der Waals surface area contributed by atoms with E-state index in [0.29, 0.717) is 6.54 Å². The van der Waals surface area contributed by atoms with Gasteiger partial charge in [-0.05, 0) is 31.8 Å². The molecule has 124 valence electrons. The average Bonchev–Trinajstić information content (AvgIpc) is 2.95. The minimum absolute atomic E-state index is 0.0528. The Balaban J connectivity index is 2.31. The van der Waals surface area contributed by atoms with Crippen LogP contribution in [-0.2, 0) is 19.7 Å². The number of nitrogens with one attached hydrogen (secondary N) is 1. The summed E-state index contributed by atoms with van der Waals surface area (Å²) in [6.45, 7) is 5.68. The van der Waals surface area contributed by atoms with Gasteiger partial charge in [-0.3, -0.25) is 4.79 Å². The van der Waals surface area contributed by atoms with E-state index in [2.05, 4.69) is 14.4 Å². The maximum atomic E-state index is 12.0. The molecule has 0 bridgehead atoms. The predicted octanol–water partition coefficient (Wildman–Crippen LogP) is 0.0476. The lowest BCUT2D eigenvalue weighted by Crippen LogP contribution is -2.42. The minimum atomic E-state index is -3.54. The van der Waals surface area contributed by atoms with Gasteiger partial charge in [-0.1, -0.05) is 6.92 Å². The maximum absolute atomic E-state index is 12.0. The van der Waals surface area contributed by atoms with E-state index < -0.39 is 16.2 Å². The van der Waals surface area contributed by atoms with Gasteiger partial charge in [0.25, 0.3) is 10.2 Å². The third kappa shape index (κ3) is 6.73. The molecule has 21 heavy (non-hydrogen) atoms. The van der Waals surface area contributed by atoms with Crippen LogP contribution in [0.3, 0.4) is 0 Å². The van der Waals surface area contributed by atoms with Crippen molar-refractivity contribution in [3.8, 4) is 0 Å². The van der Waals surface area contributed by atoms with E-state index in [1.165, 1.54) is 27.0 Å². The summed E-state index contributed by atoms with van der Waals surface area (Å²) in [6, 6.07) is 0. The molecule has 0 radical (unpaired) electrons. The molecule has 1 aliphatic heterocycles. The van der Waals surface area contributed by atoms with Crippen LogP contribution in [0.4, 0.5) is 0 Å². The quantitative estimate of drug-likeness (QED) is 0.607. The van der Waals surface area contributed by atoms with Crippen LogP contribution in [0.2, 0.25) is 0 Å². The van der Waals surface area contributed by atoms with E-state index in [1.807, 2.05) is 6.92 Å². The molecule has 1 aliphatic rings. The normalized spacial score (nSPS) is 18.1. The molecule has 1 heterocycles. The van der Waals surface area contributed by atoms with Crippen LogP contribution in [0.5, 0.6) is 0 Å². The van der Waals surface area contributed by atoms with Crippen molar-refractivity contribution in [2.45, 2.75) is 26.2 Å². The lowest BCUT2D eigenvalue weighted by Gasteiger charge is -2.22. The van der Waals surface area contributed by atoms with E-state index in [9.17, 15) is 13.2 Å². The molecule has 1 rings (SSSR count). The second-order valence-corrected chi connectivity index (χ2v) is 7.48. The van der Waals surface area contributed by atoms with Gasteiger partial charge in [0.1, 0.15) is 0 Å². The lowest BCUT2D eigenvalue weighted by atomic mass is 10.2. The Morgan fingerprint density at radius 2 is 2.00 bits per heavy atom. The Labute approximate surface area is 127 Å². The summed E-state index contributed by atoms with van der Waals surface area (Å²) in [7, 11) is -0.794. The van der Waals surface area contributed by atoms with Crippen molar-refractivity contribution < 1.29 is 17.9 Å². The Hall–Kier alpha value is -0.700. The van der Waals surface area contributed by atoms with E-state index in [-0.39, 0.29) is 18.9 Å². The zero-order valence-electron chi connectivity index (χ0n) is 13.2. The molecule has 1 saturated heterocycles. The maximum Gasteiger partial charge on any atom is 0.306 e. The first-order valence-electron chi connectivity index (χ1n) is 7.35. The van der Waals surface area contributed by atoms with Crippen LogP contribution in [0.25, 0.3) is 0 Å². The number of ether oxygens (including phenoxy) is 1. The van der Waals surface area contributed by atoms with Gasteiger partial charge in [0.2, 0.25) is 0 Å². The summed E-state index contributed by atoms with van der Waals surface area (Å²) in [5.41, 5.74) is 0. The molecule has 8 heteroatoms. The van der Waals surface area contributed by atoms with Crippen molar-refractivity contribution in [3.05, 3.63) is 0 Å². The second kappa shape index (κ2) is 8.67. The van der Waals surface area contributed by atoms with Gasteiger partial charge >= 0.3 is 5.97 Å². The number of likely N-dealkylation sites (tertiary alicyclic amines) is 1. The molecule has 7 nitrogen and oxygen atoms in total.